The zero-order valence-electron chi connectivity index (χ0n) is 20.2. The Balaban J connectivity index is 1.49. The summed E-state index contributed by atoms with van der Waals surface area (Å²) in [7, 11) is 1.63. The van der Waals surface area contributed by atoms with E-state index in [0.717, 1.165) is 17.0 Å². The standard InChI is InChI=1S/C30H25N3O3S/c1-35-25-17-19-26(20-18-25)36-21-27-31-32-30(33(27)24-15-9-4-10-16-24)37-29(23-13-7-3-8-14-23)28(34)22-11-5-2-6-12-22/h2-20,29H,21H2,1H3. The number of hydrogen-bond donors (Lipinski definition) is 0. The molecule has 0 bridgehead atoms. The molecule has 6 nitrogen and oxygen atoms in total. The molecule has 0 saturated carbocycles. The van der Waals surface area contributed by atoms with Crippen LogP contribution in [-0.4, -0.2) is 27.7 Å². The zero-order chi connectivity index (χ0) is 25.5. The van der Waals surface area contributed by atoms with Crippen molar-refractivity contribution in [2.45, 2.75) is 17.0 Å². The molecule has 0 fully saturated rings. The molecule has 5 aromatic rings. The van der Waals surface area contributed by atoms with Crippen LogP contribution in [0.4, 0.5) is 0 Å². The topological polar surface area (TPSA) is 66.2 Å². The van der Waals surface area contributed by atoms with Crippen LogP contribution in [0.3, 0.4) is 0 Å². The van der Waals surface area contributed by atoms with Crippen LogP contribution >= 0.6 is 11.8 Å². The Morgan fingerprint density at radius 1 is 0.784 bits per heavy atom. The highest BCUT2D eigenvalue weighted by Gasteiger charge is 2.27. The summed E-state index contributed by atoms with van der Waals surface area (Å²) in [6, 6.07) is 36.3. The van der Waals surface area contributed by atoms with Gasteiger partial charge in [0.25, 0.3) is 0 Å². The number of para-hydroxylation sites is 1. The van der Waals surface area contributed by atoms with Crippen molar-refractivity contribution in [1.82, 2.24) is 14.8 Å². The van der Waals surface area contributed by atoms with Gasteiger partial charge in [-0.05, 0) is 42.0 Å². The lowest BCUT2D eigenvalue weighted by Crippen LogP contribution is -2.12. The third kappa shape index (κ3) is 5.73. The van der Waals surface area contributed by atoms with Gasteiger partial charge in [0.1, 0.15) is 23.4 Å². The van der Waals surface area contributed by atoms with Gasteiger partial charge in [-0.1, -0.05) is 90.6 Å². The maximum atomic E-state index is 13.7. The normalized spacial score (nSPS) is 11.6. The van der Waals surface area contributed by atoms with E-state index < -0.39 is 5.25 Å². The van der Waals surface area contributed by atoms with E-state index >= 15 is 0 Å². The number of carbonyl (C=O) groups is 1. The molecule has 0 N–H and O–H groups in total. The van der Waals surface area contributed by atoms with Gasteiger partial charge < -0.3 is 9.47 Å². The fraction of sp³-hybridized carbons (Fsp3) is 0.100. The minimum atomic E-state index is -0.495. The lowest BCUT2D eigenvalue weighted by molar-refractivity contribution is 0.0989. The van der Waals surface area contributed by atoms with Crippen molar-refractivity contribution < 1.29 is 14.3 Å². The molecule has 1 atom stereocenters. The molecule has 0 aliphatic rings. The van der Waals surface area contributed by atoms with Crippen LogP contribution in [-0.2, 0) is 6.61 Å². The van der Waals surface area contributed by atoms with E-state index in [2.05, 4.69) is 10.2 Å². The summed E-state index contributed by atoms with van der Waals surface area (Å²) in [6.07, 6.45) is 0. The summed E-state index contributed by atoms with van der Waals surface area (Å²) in [5.74, 6) is 2.09. The van der Waals surface area contributed by atoms with E-state index in [9.17, 15) is 4.79 Å². The SMILES string of the molecule is COc1ccc(OCc2nnc(SC(C(=O)c3ccccc3)c3ccccc3)n2-c2ccccc2)cc1. The first-order valence-electron chi connectivity index (χ1n) is 11.8. The monoisotopic (exact) mass is 507 g/mol. The van der Waals surface area contributed by atoms with Gasteiger partial charge >= 0.3 is 0 Å². The Morgan fingerprint density at radius 2 is 1.38 bits per heavy atom. The molecule has 0 aliphatic carbocycles. The first kappa shape index (κ1) is 24.3. The number of Topliss-reactive ketones (excluding diaryl/α,β-unsaturated/α-hetero) is 1. The Bertz CT molecular complexity index is 1440. The number of ether oxygens (including phenoxy) is 2. The highest BCUT2D eigenvalue weighted by molar-refractivity contribution is 8.00. The second kappa shape index (κ2) is 11.6. The van der Waals surface area contributed by atoms with Crippen molar-refractivity contribution in [2.24, 2.45) is 0 Å². The first-order chi connectivity index (χ1) is 18.2. The molecule has 0 saturated heterocycles. The number of methoxy groups -OCH3 is 1. The fourth-order valence-corrected chi connectivity index (χ4v) is 5.04. The molecule has 0 amide bonds. The van der Waals surface area contributed by atoms with Gasteiger partial charge in [0.05, 0.1) is 7.11 Å². The van der Waals surface area contributed by atoms with Crippen molar-refractivity contribution in [3.8, 4) is 17.2 Å². The van der Waals surface area contributed by atoms with Gasteiger partial charge in [0.2, 0.25) is 0 Å². The first-order valence-corrected chi connectivity index (χ1v) is 12.7. The Kier molecular flexibility index (Phi) is 7.62. The van der Waals surface area contributed by atoms with E-state index in [1.165, 1.54) is 11.8 Å². The molecule has 4 aromatic carbocycles. The van der Waals surface area contributed by atoms with Crippen LogP contribution in [0.15, 0.2) is 120 Å². The highest BCUT2D eigenvalue weighted by Crippen LogP contribution is 2.38. The van der Waals surface area contributed by atoms with Crippen molar-refractivity contribution >= 4 is 17.5 Å². The second-order valence-corrected chi connectivity index (χ2v) is 9.25. The van der Waals surface area contributed by atoms with E-state index in [4.69, 9.17) is 9.47 Å². The molecule has 5 rings (SSSR count). The van der Waals surface area contributed by atoms with Gasteiger partial charge in [-0.3, -0.25) is 9.36 Å². The number of hydrogen-bond acceptors (Lipinski definition) is 6. The molecular weight excluding hydrogens is 482 g/mol. The van der Waals surface area contributed by atoms with Crippen molar-refractivity contribution in [1.29, 1.82) is 0 Å². The summed E-state index contributed by atoms with van der Waals surface area (Å²) in [5, 5.41) is 9.06. The summed E-state index contributed by atoms with van der Waals surface area (Å²) in [5.41, 5.74) is 2.44. The molecular formula is C30H25N3O3S. The molecule has 0 radical (unpaired) electrons. The minimum absolute atomic E-state index is 0.00967. The van der Waals surface area contributed by atoms with E-state index in [0.29, 0.717) is 22.3 Å². The minimum Gasteiger partial charge on any atom is -0.497 e. The number of nitrogens with zero attached hydrogens (tertiary/aromatic N) is 3. The number of carbonyl (C=O) groups excluding carboxylic acids is 1. The summed E-state index contributed by atoms with van der Waals surface area (Å²) in [4.78, 5) is 13.7. The van der Waals surface area contributed by atoms with Crippen LogP contribution in [0.25, 0.3) is 5.69 Å². The molecule has 0 spiro atoms. The van der Waals surface area contributed by atoms with E-state index in [1.807, 2.05) is 120 Å². The summed E-state index contributed by atoms with van der Waals surface area (Å²) < 4.78 is 13.2. The molecule has 37 heavy (non-hydrogen) atoms. The maximum Gasteiger partial charge on any atom is 0.196 e. The van der Waals surface area contributed by atoms with Crippen molar-refractivity contribution in [3.05, 3.63) is 132 Å². The smallest absolute Gasteiger partial charge is 0.196 e. The summed E-state index contributed by atoms with van der Waals surface area (Å²) in [6.45, 7) is 0.206. The van der Waals surface area contributed by atoms with Gasteiger partial charge in [-0.25, -0.2) is 0 Å². The number of ketones is 1. The number of thioether (sulfide) groups is 1. The average Bonchev–Trinajstić information content (AvgIpc) is 3.38. The van der Waals surface area contributed by atoms with Crippen LogP contribution in [0, 0.1) is 0 Å². The van der Waals surface area contributed by atoms with Crippen LogP contribution in [0.1, 0.15) is 27.0 Å². The molecule has 1 aromatic heterocycles. The zero-order valence-corrected chi connectivity index (χ0v) is 21.0. The van der Waals surface area contributed by atoms with Gasteiger partial charge in [-0.2, -0.15) is 0 Å². The predicted molar refractivity (Wildman–Crippen MR) is 144 cm³/mol. The van der Waals surface area contributed by atoms with Crippen molar-refractivity contribution in [3.63, 3.8) is 0 Å². The molecule has 7 heteroatoms. The highest BCUT2D eigenvalue weighted by atomic mass is 32.2. The number of benzene rings is 4. The lowest BCUT2D eigenvalue weighted by Gasteiger charge is -2.17. The number of rotatable bonds is 10. The van der Waals surface area contributed by atoms with Gasteiger partial charge in [0, 0.05) is 11.3 Å². The van der Waals surface area contributed by atoms with Gasteiger partial charge in [0.15, 0.2) is 16.8 Å². The largest absolute Gasteiger partial charge is 0.497 e. The maximum absolute atomic E-state index is 13.7. The van der Waals surface area contributed by atoms with Gasteiger partial charge in [-0.15, -0.1) is 10.2 Å². The van der Waals surface area contributed by atoms with Crippen LogP contribution in [0.2, 0.25) is 0 Å². The predicted octanol–water partition coefficient (Wildman–Crippen LogP) is 6.57. The Labute approximate surface area is 219 Å². The van der Waals surface area contributed by atoms with Crippen LogP contribution < -0.4 is 9.47 Å². The molecule has 1 heterocycles. The Hall–Kier alpha value is -4.36. The third-order valence-electron chi connectivity index (χ3n) is 5.76. The van der Waals surface area contributed by atoms with E-state index in [1.54, 1.807) is 7.11 Å². The summed E-state index contributed by atoms with van der Waals surface area (Å²) >= 11 is 1.38. The lowest BCUT2D eigenvalue weighted by atomic mass is 10.0. The second-order valence-electron chi connectivity index (χ2n) is 8.17. The third-order valence-corrected chi connectivity index (χ3v) is 6.96. The Morgan fingerprint density at radius 3 is 2.03 bits per heavy atom. The fourth-order valence-electron chi connectivity index (χ4n) is 3.89. The van der Waals surface area contributed by atoms with Crippen molar-refractivity contribution in [2.75, 3.05) is 7.11 Å². The van der Waals surface area contributed by atoms with Crippen LogP contribution in [0.5, 0.6) is 11.5 Å². The molecule has 0 aliphatic heterocycles. The van der Waals surface area contributed by atoms with E-state index in [-0.39, 0.29) is 12.4 Å². The molecule has 184 valence electrons. The quantitative estimate of drug-likeness (QED) is 0.157. The average molecular weight is 508 g/mol. The molecule has 1 unspecified atom stereocenters. The number of aromatic nitrogens is 3.